The van der Waals surface area contributed by atoms with Gasteiger partial charge in [-0.1, -0.05) is 22.0 Å². The second-order valence-corrected chi connectivity index (χ2v) is 7.86. The maximum Gasteiger partial charge on any atom is 0.241 e. The molecule has 0 radical (unpaired) electrons. The molecule has 0 aromatic heterocycles. The number of carbonyl (C=O) groups excluding carboxylic acids is 1. The van der Waals surface area contributed by atoms with Crippen LogP contribution in [0.25, 0.3) is 0 Å². The minimum Gasteiger partial charge on any atom is -0.342 e. The first-order valence-corrected chi connectivity index (χ1v) is 8.55. The molecule has 1 atom stereocenters. The lowest BCUT2D eigenvalue weighted by Crippen LogP contribution is -2.39. The summed E-state index contributed by atoms with van der Waals surface area (Å²) in [6, 6.07) is 6.47. The number of amides is 1. The third-order valence-electron chi connectivity index (χ3n) is 3.36. The first-order chi connectivity index (χ1) is 8.93. The van der Waals surface area contributed by atoms with Gasteiger partial charge in [-0.3, -0.25) is 4.79 Å². The highest BCUT2D eigenvalue weighted by Crippen LogP contribution is 2.22. The van der Waals surface area contributed by atoms with Gasteiger partial charge in [0.05, 0.1) is 4.90 Å². The van der Waals surface area contributed by atoms with Crippen LogP contribution in [0.2, 0.25) is 0 Å². The summed E-state index contributed by atoms with van der Waals surface area (Å²) in [6.07, 6.45) is 1.91. The van der Waals surface area contributed by atoms with Gasteiger partial charge in [0, 0.05) is 17.6 Å². The standard InChI is InChI=1S/C13H16BrNO3S/c1-10(13(16)15-7-2-3-8-15)19(17,18)12-6-4-5-11(14)9-12/h4-6,9-10H,2-3,7-8H2,1H3/t10-/m1/s1. The van der Waals surface area contributed by atoms with E-state index in [2.05, 4.69) is 15.9 Å². The molecule has 0 unspecified atom stereocenters. The van der Waals surface area contributed by atoms with Crippen molar-refractivity contribution in [3.63, 3.8) is 0 Å². The number of sulfone groups is 1. The predicted octanol–water partition coefficient (Wildman–Crippen LogP) is 2.23. The molecule has 1 aromatic carbocycles. The van der Waals surface area contributed by atoms with Gasteiger partial charge in [-0.15, -0.1) is 0 Å². The van der Waals surface area contributed by atoms with E-state index in [0.717, 1.165) is 12.8 Å². The summed E-state index contributed by atoms with van der Waals surface area (Å²) in [5.41, 5.74) is 0. The average Bonchev–Trinajstić information content (AvgIpc) is 2.90. The lowest BCUT2D eigenvalue weighted by atomic mass is 10.4. The van der Waals surface area contributed by atoms with Crippen LogP contribution in [0.3, 0.4) is 0 Å². The van der Waals surface area contributed by atoms with E-state index in [1.807, 2.05) is 0 Å². The summed E-state index contributed by atoms with van der Waals surface area (Å²) in [4.78, 5) is 14.0. The Balaban J connectivity index is 2.26. The van der Waals surface area contributed by atoms with Crippen molar-refractivity contribution < 1.29 is 13.2 Å². The zero-order chi connectivity index (χ0) is 14.0. The summed E-state index contributed by atoms with van der Waals surface area (Å²) in [5.74, 6) is -0.294. The molecule has 104 valence electrons. The number of carbonyl (C=O) groups is 1. The van der Waals surface area contributed by atoms with Crippen LogP contribution in [0.1, 0.15) is 19.8 Å². The SMILES string of the molecule is C[C@H](C(=O)N1CCCC1)S(=O)(=O)c1cccc(Br)c1. The molecular formula is C13H16BrNO3S. The van der Waals surface area contributed by atoms with E-state index in [-0.39, 0.29) is 10.8 Å². The molecule has 1 amide bonds. The number of halogens is 1. The number of hydrogen-bond acceptors (Lipinski definition) is 3. The van der Waals surface area contributed by atoms with Crippen LogP contribution in [0, 0.1) is 0 Å². The third kappa shape index (κ3) is 3.00. The second kappa shape index (κ2) is 5.63. The fourth-order valence-corrected chi connectivity index (χ4v) is 4.11. The van der Waals surface area contributed by atoms with Crippen molar-refractivity contribution in [1.82, 2.24) is 4.90 Å². The minimum absolute atomic E-state index is 0.182. The fraction of sp³-hybridized carbons (Fsp3) is 0.462. The van der Waals surface area contributed by atoms with E-state index >= 15 is 0 Å². The summed E-state index contributed by atoms with van der Waals surface area (Å²) in [6.45, 7) is 2.80. The van der Waals surface area contributed by atoms with Crippen molar-refractivity contribution in [2.24, 2.45) is 0 Å². The quantitative estimate of drug-likeness (QED) is 0.843. The molecule has 4 nitrogen and oxygen atoms in total. The molecule has 19 heavy (non-hydrogen) atoms. The van der Waals surface area contributed by atoms with Crippen molar-refractivity contribution >= 4 is 31.7 Å². The van der Waals surface area contributed by atoms with Crippen molar-refractivity contribution in [2.75, 3.05) is 13.1 Å². The van der Waals surface area contributed by atoms with E-state index in [0.29, 0.717) is 17.6 Å². The maximum atomic E-state index is 12.4. The highest BCUT2D eigenvalue weighted by molar-refractivity contribution is 9.10. The Kier molecular flexibility index (Phi) is 4.30. The van der Waals surface area contributed by atoms with Crippen molar-refractivity contribution in [3.05, 3.63) is 28.7 Å². The Morgan fingerprint density at radius 3 is 2.53 bits per heavy atom. The van der Waals surface area contributed by atoms with Gasteiger partial charge in [-0.2, -0.15) is 0 Å². The van der Waals surface area contributed by atoms with Crippen molar-refractivity contribution in [3.8, 4) is 0 Å². The molecule has 0 aliphatic carbocycles. The first-order valence-electron chi connectivity index (χ1n) is 6.21. The summed E-state index contributed by atoms with van der Waals surface area (Å²) in [7, 11) is -3.62. The molecule has 0 spiro atoms. The summed E-state index contributed by atoms with van der Waals surface area (Å²) in [5, 5.41) is -1.03. The van der Waals surface area contributed by atoms with Crippen molar-refractivity contribution in [2.45, 2.75) is 29.9 Å². The fourth-order valence-electron chi connectivity index (χ4n) is 2.18. The van der Waals surface area contributed by atoms with Gasteiger partial charge in [0.15, 0.2) is 9.84 Å². The van der Waals surface area contributed by atoms with Crippen LogP contribution >= 0.6 is 15.9 Å². The molecule has 1 aromatic rings. The third-order valence-corrected chi connectivity index (χ3v) is 5.89. The van der Waals surface area contributed by atoms with Gasteiger partial charge < -0.3 is 4.90 Å². The Morgan fingerprint density at radius 2 is 1.95 bits per heavy atom. The molecule has 0 saturated carbocycles. The zero-order valence-corrected chi connectivity index (χ0v) is 13.1. The number of hydrogen-bond donors (Lipinski definition) is 0. The normalized spacial score (nSPS) is 17.5. The smallest absolute Gasteiger partial charge is 0.241 e. The van der Waals surface area contributed by atoms with Crippen LogP contribution in [-0.4, -0.2) is 37.6 Å². The molecule has 0 bridgehead atoms. The van der Waals surface area contributed by atoms with Gasteiger partial charge in [0.1, 0.15) is 5.25 Å². The molecule has 1 fully saturated rings. The van der Waals surface area contributed by atoms with Crippen LogP contribution in [0.15, 0.2) is 33.6 Å². The number of likely N-dealkylation sites (tertiary alicyclic amines) is 1. The predicted molar refractivity (Wildman–Crippen MR) is 76.6 cm³/mol. The number of rotatable bonds is 3. The van der Waals surface area contributed by atoms with E-state index in [4.69, 9.17) is 0 Å². The largest absolute Gasteiger partial charge is 0.342 e. The Labute approximate surface area is 121 Å². The number of nitrogens with zero attached hydrogens (tertiary/aromatic N) is 1. The van der Waals surface area contributed by atoms with Crippen LogP contribution in [0.4, 0.5) is 0 Å². The molecule has 2 rings (SSSR count). The summed E-state index contributed by atoms with van der Waals surface area (Å²) < 4.78 is 25.5. The molecule has 0 N–H and O–H groups in total. The minimum atomic E-state index is -3.62. The lowest BCUT2D eigenvalue weighted by molar-refractivity contribution is -0.129. The zero-order valence-electron chi connectivity index (χ0n) is 10.7. The summed E-state index contributed by atoms with van der Waals surface area (Å²) >= 11 is 3.25. The Morgan fingerprint density at radius 1 is 1.32 bits per heavy atom. The highest BCUT2D eigenvalue weighted by Gasteiger charge is 2.33. The van der Waals surface area contributed by atoms with Gasteiger partial charge in [0.2, 0.25) is 5.91 Å². The van der Waals surface area contributed by atoms with E-state index < -0.39 is 15.1 Å². The Bertz CT molecular complexity index is 579. The van der Waals surface area contributed by atoms with Gasteiger partial charge in [0.25, 0.3) is 0 Å². The van der Waals surface area contributed by atoms with E-state index in [1.54, 1.807) is 17.0 Å². The van der Waals surface area contributed by atoms with Crippen molar-refractivity contribution in [1.29, 1.82) is 0 Å². The van der Waals surface area contributed by atoms with Crippen LogP contribution in [0.5, 0.6) is 0 Å². The van der Waals surface area contributed by atoms with Gasteiger partial charge in [-0.05, 0) is 38.0 Å². The second-order valence-electron chi connectivity index (χ2n) is 4.68. The monoisotopic (exact) mass is 345 g/mol. The maximum absolute atomic E-state index is 12.4. The first kappa shape index (κ1) is 14.5. The van der Waals surface area contributed by atoms with E-state index in [9.17, 15) is 13.2 Å². The Hall–Kier alpha value is -0.880. The molecule has 1 heterocycles. The van der Waals surface area contributed by atoms with Gasteiger partial charge >= 0.3 is 0 Å². The molecule has 6 heteroatoms. The van der Waals surface area contributed by atoms with Crippen LogP contribution < -0.4 is 0 Å². The van der Waals surface area contributed by atoms with Crippen LogP contribution in [-0.2, 0) is 14.6 Å². The lowest BCUT2D eigenvalue weighted by Gasteiger charge is -2.20. The highest BCUT2D eigenvalue weighted by atomic mass is 79.9. The average molecular weight is 346 g/mol. The number of benzene rings is 1. The van der Waals surface area contributed by atoms with Gasteiger partial charge in [-0.25, -0.2) is 8.42 Å². The molecule has 1 aliphatic rings. The molecule has 1 aliphatic heterocycles. The topological polar surface area (TPSA) is 54.5 Å². The van der Waals surface area contributed by atoms with E-state index in [1.165, 1.54) is 19.1 Å². The molecule has 1 saturated heterocycles. The molecular weight excluding hydrogens is 330 g/mol.